The number of nitrogens with zero attached hydrogens (tertiary/aromatic N) is 1. The van der Waals surface area contributed by atoms with E-state index in [1.807, 2.05) is 78.9 Å². The van der Waals surface area contributed by atoms with Gasteiger partial charge in [0.25, 0.3) is 12.6 Å². The third kappa shape index (κ3) is 2.17. The highest BCUT2D eigenvalue weighted by Gasteiger charge is 2.48. The van der Waals surface area contributed by atoms with Crippen molar-refractivity contribution in [2.45, 2.75) is 0 Å². The van der Waals surface area contributed by atoms with Crippen molar-refractivity contribution in [1.82, 2.24) is 0 Å². The number of rotatable bonds is 1. The Labute approximate surface area is 187 Å². The minimum atomic E-state index is -0.0996. The lowest BCUT2D eigenvalue weighted by Gasteiger charge is -2.41. The molecule has 0 saturated heterocycles. The molecule has 0 fully saturated rings. The van der Waals surface area contributed by atoms with Crippen LogP contribution < -0.4 is 30.8 Å². The molecule has 0 N–H and O–H groups in total. The first kappa shape index (κ1) is 17.2. The summed E-state index contributed by atoms with van der Waals surface area (Å²) in [6.07, 6.45) is 0. The molecule has 0 unspecified atom stereocenters. The first-order chi connectivity index (χ1) is 15.2. The highest BCUT2D eigenvalue weighted by Crippen LogP contribution is 2.42. The van der Waals surface area contributed by atoms with E-state index in [2.05, 4.69) is 15.9 Å². The minimum Gasteiger partial charge on any atom is -0.458 e. The van der Waals surface area contributed by atoms with Gasteiger partial charge in [0.2, 0.25) is 0 Å². The van der Waals surface area contributed by atoms with Crippen molar-refractivity contribution in [2.24, 2.45) is 0 Å². The summed E-state index contributed by atoms with van der Waals surface area (Å²) in [5, 5.41) is 0. The van der Waals surface area contributed by atoms with E-state index in [1.165, 1.54) is 0 Å². The standard InChI is InChI=1S/C25H13BBrNO3/c27-15-7-2-1-6-14(15)25(29)28-16-8-3-10-18-22(16)26-23-17(28)9-4-11-19(23)31-21-13-5-12-20(30-18)24(21)26/h1-13H. The van der Waals surface area contributed by atoms with Crippen LogP contribution in [0.15, 0.2) is 83.3 Å². The van der Waals surface area contributed by atoms with Gasteiger partial charge in [-0.1, -0.05) is 30.3 Å². The van der Waals surface area contributed by atoms with E-state index in [-0.39, 0.29) is 12.6 Å². The molecule has 7 rings (SSSR count). The smallest absolute Gasteiger partial charge is 0.266 e. The summed E-state index contributed by atoms with van der Waals surface area (Å²) in [6.45, 7) is -0.0330. The van der Waals surface area contributed by atoms with Gasteiger partial charge in [0, 0.05) is 21.3 Å². The van der Waals surface area contributed by atoms with Crippen LogP contribution in [0.3, 0.4) is 0 Å². The molecule has 31 heavy (non-hydrogen) atoms. The Bertz CT molecular complexity index is 1380. The molecule has 3 aliphatic heterocycles. The molecule has 6 heteroatoms. The van der Waals surface area contributed by atoms with Crippen LogP contribution in [0.4, 0.5) is 11.4 Å². The second kappa shape index (κ2) is 6.02. The van der Waals surface area contributed by atoms with Gasteiger partial charge >= 0.3 is 0 Å². The molecule has 146 valence electrons. The Balaban J connectivity index is 1.56. The van der Waals surface area contributed by atoms with Crippen molar-refractivity contribution in [2.75, 3.05) is 4.90 Å². The molecule has 0 atom stereocenters. The third-order valence-electron chi connectivity index (χ3n) is 6.21. The van der Waals surface area contributed by atoms with Crippen molar-refractivity contribution >= 4 is 56.3 Å². The number of halogens is 1. The van der Waals surface area contributed by atoms with Crippen molar-refractivity contribution < 1.29 is 14.3 Å². The first-order valence-electron chi connectivity index (χ1n) is 10.1. The Morgan fingerprint density at radius 2 is 1.19 bits per heavy atom. The van der Waals surface area contributed by atoms with Crippen LogP contribution >= 0.6 is 15.9 Å². The van der Waals surface area contributed by atoms with Crippen molar-refractivity contribution in [3.05, 3.63) is 88.9 Å². The number of anilines is 2. The zero-order valence-corrected chi connectivity index (χ0v) is 17.7. The average molecular weight is 466 g/mol. The molecule has 0 saturated carbocycles. The maximum Gasteiger partial charge on any atom is 0.266 e. The van der Waals surface area contributed by atoms with E-state index in [0.29, 0.717) is 5.56 Å². The van der Waals surface area contributed by atoms with E-state index in [4.69, 9.17) is 9.47 Å². The van der Waals surface area contributed by atoms with E-state index >= 15 is 0 Å². The lowest BCUT2D eigenvalue weighted by Crippen LogP contribution is -2.62. The molecule has 4 aromatic rings. The van der Waals surface area contributed by atoms with E-state index in [1.54, 1.807) is 4.90 Å². The molecule has 4 aromatic carbocycles. The van der Waals surface area contributed by atoms with Gasteiger partial charge < -0.3 is 9.47 Å². The van der Waals surface area contributed by atoms with Crippen molar-refractivity contribution in [3.8, 4) is 23.0 Å². The lowest BCUT2D eigenvalue weighted by atomic mass is 9.33. The highest BCUT2D eigenvalue weighted by atomic mass is 79.9. The van der Waals surface area contributed by atoms with Gasteiger partial charge in [0.05, 0.1) is 5.56 Å². The molecular formula is C25H13BBrNO3. The maximum atomic E-state index is 13.9. The molecule has 3 aliphatic rings. The molecule has 0 aromatic heterocycles. The second-order valence-corrected chi connectivity index (χ2v) is 8.66. The molecule has 0 aliphatic carbocycles. The maximum absolute atomic E-state index is 13.9. The predicted molar refractivity (Wildman–Crippen MR) is 125 cm³/mol. The fourth-order valence-corrected chi connectivity index (χ4v) is 5.43. The van der Waals surface area contributed by atoms with E-state index < -0.39 is 0 Å². The monoisotopic (exact) mass is 465 g/mol. The number of hydrogen-bond acceptors (Lipinski definition) is 3. The van der Waals surface area contributed by atoms with Crippen molar-refractivity contribution in [1.29, 1.82) is 0 Å². The minimum absolute atomic E-state index is 0.0330. The van der Waals surface area contributed by atoms with Crippen LogP contribution in [0, 0.1) is 0 Å². The Morgan fingerprint density at radius 3 is 1.77 bits per heavy atom. The average Bonchev–Trinajstić information content (AvgIpc) is 2.79. The Hall–Kier alpha value is -3.51. The third-order valence-corrected chi connectivity index (χ3v) is 6.90. The van der Waals surface area contributed by atoms with Gasteiger partial charge in [-0.05, 0) is 75.4 Å². The normalized spacial score (nSPS) is 13.8. The van der Waals surface area contributed by atoms with Crippen LogP contribution in [0.25, 0.3) is 0 Å². The molecule has 0 radical (unpaired) electrons. The lowest BCUT2D eigenvalue weighted by molar-refractivity contribution is 0.0998. The summed E-state index contributed by atoms with van der Waals surface area (Å²) in [5.74, 6) is 3.06. The van der Waals surface area contributed by atoms with Gasteiger partial charge in [0.15, 0.2) is 0 Å². The van der Waals surface area contributed by atoms with Crippen molar-refractivity contribution in [3.63, 3.8) is 0 Å². The van der Waals surface area contributed by atoms with Crippen LogP contribution in [-0.4, -0.2) is 12.6 Å². The van der Waals surface area contributed by atoms with Gasteiger partial charge in [-0.2, -0.15) is 0 Å². The number of carbonyl (C=O) groups excluding carboxylic acids is 1. The first-order valence-corrected chi connectivity index (χ1v) is 10.8. The summed E-state index contributed by atoms with van der Waals surface area (Å²) in [7, 11) is 0. The van der Waals surface area contributed by atoms with Crippen LogP contribution in [0.2, 0.25) is 0 Å². The summed E-state index contributed by atoms with van der Waals surface area (Å²) >= 11 is 3.54. The van der Waals surface area contributed by atoms with Gasteiger partial charge in [-0.3, -0.25) is 9.69 Å². The quantitative estimate of drug-likeness (QED) is 0.336. The topological polar surface area (TPSA) is 38.8 Å². The molecule has 0 bridgehead atoms. The number of hydrogen-bond donors (Lipinski definition) is 0. The van der Waals surface area contributed by atoms with Crippen LogP contribution in [0.5, 0.6) is 23.0 Å². The second-order valence-electron chi connectivity index (χ2n) is 7.80. The summed E-state index contributed by atoms with van der Waals surface area (Å²) in [6, 6.07) is 25.2. The van der Waals surface area contributed by atoms with Gasteiger partial charge in [0.1, 0.15) is 23.0 Å². The zero-order chi connectivity index (χ0) is 20.7. The summed E-state index contributed by atoms with van der Waals surface area (Å²) in [5.41, 5.74) is 5.32. The van der Waals surface area contributed by atoms with Crippen LogP contribution in [0.1, 0.15) is 10.4 Å². The summed E-state index contributed by atoms with van der Waals surface area (Å²) < 4.78 is 13.3. The number of carbonyl (C=O) groups is 1. The molecule has 4 nitrogen and oxygen atoms in total. The Morgan fingerprint density at radius 1 is 0.677 bits per heavy atom. The Kier molecular flexibility index (Phi) is 3.34. The molecular weight excluding hydrogens is 453 g/mol. The zero-order valence-electron chi connectivity index (χ0n) is 16.1. The SMILES string of the molecule is O=C(c1ccccc1Br)N1c2cccc3c2B2c4c(cccc4Oc4cccc1c42)O3. The predicted octanol–water partition coefficient (Wildman–Crippen LogP) is 4.47. The number of benzene rings is 4. The summed E-state index contributed by atoms with van der Waals surface area (Å²) in [4.78, 5) is 15.6. The van der Waals surface area contributed by atoms with E-state index in [9.17, 15) is 4.79 Å². The highest BCUT2D eigenvalue weighted by molar-refractivity contribution is 9.10. The largest absolute Gasteiger partial charge is 0.458 e. The number of amides is 1. The molecule has 3 heterocycles. The molecule has 1 amide bonds. The van der Waals surface area contributed by atoms with Crippen LogP contribution in [-0.2, 0) is 0 Å². The fraction of sp³-hybridized carbons (Fsp3) is 0. The number of ether oxygens (including phenoxy) is 2. The molecule has 0 spiro atoms. The van der Waals surface area contributed by atoms with Gasteiger partial charge in [-0.25, -0.2) is 0 Å². The van der Waals surface area contributed by atoms with E-state index in [0.717, 1.165) is 55.2 Å². The van der Waals surface area contributed by atoms with Gasteiger partial charge in [-0.15, -0.1) is 0 Å². The fourth-order valence-electron chi connectivity index (χ4n) is 4.97.